The molecule has 0 amide bonds. The molecular formula is C11H10ClNO3S2. The van der Waals surface area contributed by atoms with Gasteiger partial charge in [0.25, 0.3) is 5.69 Å². The summed E-state index contributed by atoms with van der Waals surface area (Å²) in [6, 6.07) is 4.03. The molecule has 4 nitrogen and oxygen atoms in total. The highest BCUT2D eigenvalue weighted by Crippen LogP contribution is 2.27. The van der Waals surface area contributed by atoms with Gasteiger partial charge < -0.3 is 0 Å². The van der Waals surface area contributed by atoms with Gasteiger partial charge in [0, 0.05) is 21.9 Å². The lowest BCUT2D eigenvalue weighted by molar-refractivity contribution is -0.384. The molecule has 0 aliphatic heterocycles. The van der Waals surface area contributed by atoms with Crippen molar-refractivity contribution in [3.63, 3.8) is 0 Å². The van der Waals surface area contributed by atoms with Crippen molar-refractivity contribution in [1.82, 2.24) is 0 Å². The number of allylic oxidation sites excluding steroid dienone is 1. The molecule has 1 rings (SSSR count). The second kappa shape index (κ2) is 6.82. The second-order valence-corrected chi connectivity index (χ2v) is 5.52. The van der Waals surface area contributed by atoms with E-state index in [1.54, 1.807) is 0 Å². The zero-order valence-corrected chi connectivity index (χ0v) is 12.1. The highest BCUT2D eigenvalue weighted by atomic mass is 35.5. The third-order valence-electron chi connectivity index (χ3n) is 2.08. The first-order valence-electron chi connectivity index (χ1n) is 4.77. The summed E-state index contributed by atoms with van der Waals surface area (Å²) >= 11 is 8.58. The van der Waals surface area contributed by atoms with Gasteiger partial charge in [0.1, 0.15) is 5.02 Å². The Balaban J connectivity index is 3.11. The van der Waals surface area contributed by atoms with E-state index in [0.29, 0.717) is 0 Å². The van der Waals surface area contributed by atoms with Gasteiger partial charge >= 0.3 is 0 Å². The molecule has 0 aromatic heterocycles. The Morgan fingerprint density at radius 3 is 2.50 bits per heavy atom. The fourth-order valence-corrected chi connectivity index (χ4v) is 2.50. The fraction of sp³-hybridized carbons (Fsp3) is 0.182. The summed E-state index contributed by atoms with van der Waals surface area (Å²) in [5.74, 6) is -0.270. The number of hydrogen-bond acceptors (Lipinski definition) is 5. The zero-order valence-electron chi connectivity index (χ0n) is 9.68. The van der Waals surface area contributed by atoms with Crippen LogP contribution in [0.1, 0.15) is 10.4 Å². The van der Waals surface area contributed by atoms with Crippen LogP contribution in [-0.4, -0.2) is 23.2 Å². The van der Waals surface area contributed by atoms with Crippen molar-refractivity contribution in [3.05, 3.63) is 49.2 Å². The Bertz CT molecular complexity index is 511. The number of carbonyl (C=O) groups is 1. The summed E-state index contributed by atoms with van der Waals surface area (Å²) in [6.45, 7) is 0. The topological polar surface area (TPSA) is 60.2 Å². The number of hydrogen-bond donors (Lipinski definition) is 0. The summed E-state index contributed by atoms with van der Waals surface area (Å²) in [5, 5.41) is 10.7. The van der Waals surface area contributed by atoms with E-state index in [4.69, 9.17) is 11.6 Å². The molecule has 96 valence electrons. The van der Waals surface area contributed by atoms with Gasteiger partial charge in [0.15, 0.2) is 5.78 Å². The number of rotatable bonds is 5. The van der Waals surface area contributed by atoms with Gasteiger partial charge in [0.2, 0.25) is 0 Å². The van der Waals surface area contributed by atoms with Crippen molar-refractivity contribution in [2.24, 2.45) is 0 Å². The first-order valence-corrected chi connectivity index (χ1v) is 7.60. The molecule has 0 saturated carbocycles. The summed E-state index contributed by atoms with van der Waals surface area (Å²) in [7, 11) is 0. The lowest BCUT2D eigenvalue weighted by Crippen LogP contribution is -1.98. The van der Waals surface area contributed by atoms with Crippen molar-refractivity contribution >= 4 is 46.6 Å². The van der Waals surface area contributed by atoms with Crippen molar-refractivity contribution in [2.75, 3.05) is 12.5 Å². The van der Waals surface area contributed by atoms with E-state index in [1.165, 1.54) is 47.8 Å². The minimum atomic E-state index is -0.604. The van der Waals surface area contributed by atoms with Crippen LogP contribution in [0.4, 0.5) is 5.69 Å². The maximum absolute atomic E-state index is 11.9. The SMILES string of the molecule is CSC(=CC(=O)c1ccc(Cl)c([N+](=O)[O-])c1)SC. The molecule has 0 radical (unpaired) electrons. The number of nitro groups is 1. The minimum Gasteiger partial charge on any atom is -0.289 e. The zero-order chi connectivity index (χ0) is 13.7. The molecule has 0 aliphatic rings. The van der Waals surface area contributed by atoms with Crippen LogP contribution in [0.2, 0.25) is 5.02 Å². The molecule has 0 bridgehead atoms. The van der Waals surface area contributed by atoms with Crippen LogP contribution < -0.4 is 0 Å². The predicted molar refractivity (Wildman–Crippen MR) is 77.5 cm³/mol. The molecule has 0 atom stereocenters. The van der Waals surface area contributed by atoms with Crippen LogP contribution in [0.15, 0.2) is 28.5 Å². The van der Waals surface area contributed by atoms with Gasteiger partial charge in [-0.05, 0) is 24.6 Å². The summed E-state index contributed by atoms with van der Waals surface area (Å²) in [4.78, 5) is 22.0. The molecule has 7 heteroatoms. The molecule has 0 N–H and O–H groups in total. The average Bonchev–Trinajstić information content (AvgIpc) is 2.35. The quantitative estimate of drug-likeness (QED) is 0.356. The predicted octanol–water partition coefficient (Wildman–Crippen LogP) is 4.00. The summed E-state index contributed by atoms with van der Waals surface area (Å²) < 4.78 is 0.845. The molecule has 18 heavy (non-hydrogen) atoms. The number of benzene rings is 1. The molecule has 0 fully saturated rings. The Kier molecular flexibility index (Phi) is 5.71. The van der Waals surface area contributed by atoms with Crippen LogP contribution in [-0.2, 0) is 0 Å². The molecular weight excluding hydrogens is 294 g/mol. The van der Waals surface area contributed by atoms with E-state index >= 15 is 0 Å². The van der Waals surface area contributed by atoms with Gasteiger partial charge in [-0.25, -0.2) is 0 Å². The maximum Gasteiger partial charge on any atom is 0.288 e. The van der Waals surface area contributed by atoms with E-state index in [1.807, 2.05) is 12.5 Å². The van der Waals surface area contributed by atoms with Gasteiger partial charge in [-0.1, -0.05) is 11.6 Å². The summed E-state index contributed by atoms with van der Waals surface area (Å²) in [6.07, 6.45) is 5.18. The molecule has 0 spiro atoms. The number of nitro benzene ring substituents is 1. The van der Waals surface area contributed by atoms with Crippen molar-refractivity contribution < 1.29 is 9.72 Å². The highest BCUT2D eigenvalue weighted by molar-refractivity contribution is 8.21. The molecule has 0 aliphatic carbocycles. The third kappa shape index (κ3) is 3.76. The number of halogens is 1. The number of thioether (sulfide) groups is 2. The van der Waals surface area contributed by atoms with E-state index in [-0.39, 0.29) is 22.1 Å². The standard InChI is InChI=1S/C11H10ClNO3S2/c1-17-11(18-2)6-10(14)7-3-4-8(12)9(5-7)13(15)16/h3-6H,1-2H3. The lowest BCUT2D eigenvalue weighted by atomic mass is 10.1. The normalized spacial score (nSPS) is 9.94. The molecule has 0 heterocycles. The third-order valence-corrected chi connectivity index (χ3v) is 4.44. The van der Waals surface area contributed by atoms with E-state index in [2.05, 4.69) is 0 Å². The van der Waals surface area contributed by atoms with Gasteiger partial charge in [-0.15, -0.1) is 23.5 Å². The van der Waals surface area contributed by atoms with Crippen LogP contribution in [0.25, 0.3) is 0 Å². The number of ketones is 1. The van der Waals surface area contributed by atoms with Crippen molar-refractivity contribution in [2.45, 2.75) is 0 Å². The minimum absolute atomic E-state index is 0.0236. The Labute approximate surface area is 118 Å². The van der Waals surface area contributed by atoms with Crippen LogP contribution in [0, 0.1) is 10.1 Å². The van der Waals surface area contributed by atoms with Crippen LogP contribution in [0.5, 0.6) is 0 Å². The molecule has 0 saturated heterocycles. The number of nitrogens with zero attached hydrogens (tertiary/aromatic N) is 1. The lowest BCUT2D eigenvalue weighted by Gasteiger charge is -2.01. The highest BCUT2D eigenvalue weighted by Gasteiger charge is 2.15. The molecule has 0 unspecified atom stereocenters. The van der Waals surface area contributed by atoms with Crippen LogP contribution >= 0.6 is 35.1 Å². The first-order chi connectivity index (χ1) is 8.49. The molecule has 1 aromatic carbocycles. The smallest absolute Gasteiger partial charge is 0.288 e. The van der Waals surface area contributed by atoms with E-state index in [9.17, 15) is 14.9 Å². The number of carbonyl (C=O) groups excluding carboxylic acids is 1. The van der Waals surface area contributed by atoms with Gasteiger partial charge in [0.05, 0.1) is 4.92 Å². The molecule has 1 aromatic rings. The summed E-state index contributed by atoms with van der Waals surface area (Å²) in [5.41, 5.74) is -0.00234. The van der Waals surface area contributed by atoms with E-state index in [0.717, 1.165) is 4.24 Å². The maximum atomic E-state index is 11.9. The Morgan fingerprint density at radius 2 is 2.00 bits per heavy atom. The van der Waals surface area contributed by atoms with Crippen molar-refractivity contribution in [1.29, 1.82) is 0 Å². The van der Waals surface area contributed by atoms with Gasteiger partial charge in [-0.2, -0.15) is 0 Å². The van der Waals surface area contributed by atoms with Gasteiger partial charge in [-0.3, -0.25) is 14.9 Å². The second-order valence-electron chi connectivity index (χ2n) is 3.16. The van der Waals surface area contributed by atoms with Crippen LogP contribution in [0.3, 0.4) is 0 Å². The largest absolute Gasteiger partial charge is 0.289 e. The Hall–Kier alpha value is -0.980. The fourth-order valence-electron chi connectivity index (χ4n) is 1.20. The monoisotopic (exact) mass is 303 g/mol. The average molecular weight is 304 g/mol. The van der Waals surface area contributed by atoms with Crippen molar-refractivity contribution in [3.8, 4) is 0 Å². The van der Waals surface area contributed by atoms with E-state index < -0.39 is 4.92 Å². The first kappa shape index (κ1) is 15.1. The Morgan fingerprint density at radius 1 is 1.39 bits per heavy atom.